The van der Waals surface area contributed by atoms with Gasteiger partial charge in [0.1, 0.15) is 0 Å². The number of esters is 1. The topological polar surface area (TPSA) is 95.9 Å². The molecule has 0 saturated heterocycles. The maximum Gasteiger partial charge on any atom is 0.342 e. The smallest absolute Gasteiger partial charge is 0.342 e. The molecule has 0 aliphatic carbocycles. The maximum atomic E-state index is 12.1. The summed E-state index contributed by atoms with van der Waals surface area (Å²) in [6.07, 6.45) is -0.475. The highest BCUT2D eigenvalue weighted by atomic mass is 16.6. The van der Waals surface area contributed by atoms with Gasteiger partial charge in [0.15, 0.2) is 0 Å². The van der Waals surface area contributed by atoms with Gasteiger partial charge >= 0.3 is 5.97 Å². The summed E-state index contributed by atoms with van der Waals surface area (Å²) in [5.41, 5.74) is -4.27. The lowest BCUT2D eigenvalue weighted by Gasteiger charge is -2.34. The molecule has 0 unspecified atom stereocenters. The van der Waals surface area contributed by atoms with E-state index in [4.69, 9.17) is 4.74 Å². The highest BCUT2D eigenvalue weighted by Crippen LogP contribution is 2.43. The van der Waals surface area contributed by atoms with Gasteiger partial charge in [0.25, 0.3) is 5.91 Å². The first kappa shape index (κ1) is 14.5. The number of ether oxygens (including phenoxy) is 1. The van der Waals surface area contributed by atoms with E-state index in [-0.39, 0.29) is 5.56 Å². The zero-order chi connectivity index (χ0) is 15.1. The summed E-state index contributed by atoms with van der Waals surface area (Å²) in [6, 6.07) is 6.33. The van der Waals surface area contributed by atoms with Gasteiger partial charge in [-0.05, 0) is 26.8 Å². The van der Waals surface area contributed by atoms with Crippen molar-refractivity contribution < 1.29 is 24.5 Å². The molecule has 2 rings (SSSR count). The number of carbonyl (C=O) groups is 2. The van der Waals surface area contributed by atoms with Crippen LogP contribution in [0.3, 0.4) is 0 Å². The standard InChI is InChI=1S/C14H17NO5/c1-8(2)20-12(17)13(3,18)14(19)9-6-4-5-7-10(9)15-11(14)16/h4-8,18-19H,1-3H3,(H,15,16)/t13-,14-/m1/s1. The Morgan fingerprint density at radius 1 is 1.40 bits per heavy atom. The summed E-state index contributed by atoms with van der Waals surface area (Å²) in [4.78, 5) is 24.1. The lowest BCUT2D eigenvalue weighted by atomic mass is 9.79. The van der Waals surface area contributed by atoms with Gasteiger partial charge in [-0.2, -0.15) is 0 Å². The van der Waals surface area contributed by atoms with E-state index >= 15 is 0 Å². The first-order chi connectivity index (χ1) is 9.21. The zero-order valence-corrected chi connectivity index (χ0v) is 11.5. The molecular weight excluding hydrogens is 262 g/mol. The molecule has 0 radical (unpaired) electrons. The summed E-state index contributed by atoms with van der Waals surface area (Å²) < 4.78 is 4.93. The van der Waals surface area contributed by atoms with Crippen LogP contribution in [0.2, 0.25) is 0 Å². The van der Waals surface area contributed by atoms with Gasteiger partial charge in [-0.25, -0.2) is 4.79 Å². The minimum Gasteiger partial charge on any atom is -0.461 e. The van der Waals surface area contributed by atoms with Crippen LogP contribution in [0.4, 0.5) is 5.69 Å². The number of nitrogens with one attached hydrogen (secondary N) is 1. The average Bonchev–Trinajstić information content (AvgIpc) is 2.62. The first-order valence-corrected chi connectivity index (χ1v) is 6.28. The number of anilines is 1. The Kier molecular flexibility index (Phi) is 3.31. The minimum atomic E-state index is -2.39. The number of benzene rings is 1. The third-order valence-electron chi connectivity index (χ3n) is 3.34. The van der Waals surface area contributed by atoms with Crippen molar-refractivity contribution in [1.29, 1.82) is 0 Å². The molecule has 0 aromatic heterocycles. The third kappa shape index (κ3) is 1.88. The fraction of sp³-hybridized carbons (Fsp3) is 0.429. The SMILES string of the molecule is CC(C)OC(=O)[C@@](C)(O)[C@]1(O)C(=O)Nc2ccccc21. The molecule has 1 aliphatic rings. The van der Waals surface area contributed by atoms with Gasteiger partial charge < -0.3 is 20.3 Å². The van der Waals surface area contributed by atoms with E-state index < -0.39 is 29.2 Å². The number of aliphatic hydroxyl groups is 2. The van der Waals surface area contributed by atoms with Crippen molar-refractivity contribution in [1.82, 2.24) is 0 Å². The Bertz CT molecular complexity index is 566. The van der Waals surface area contributed by atoms with Crippen molar-refractivity contribution >= 4 is 17.6 Å². The molecule has 0 saturated carbocycles. The summed E-state index contributed by atoms with van der Waals surface area (Å²) in [5.74, 6) is -1.91. The van der Waals surface area contributed by atoms with Crippen molar-refractivity contribution in [3.8, 4) is 0 Å². The minimum absolute atomic E-state index is 0.149. The summed E-state index contributed by atoms with van der Waals surface area (Å²) in [6.45, 7) is 4.29. The number of amides is 1. The summed E-state index contributed by atoms with van der Waals surface area (Å²) in [7, 11) is 0. The van der Waals surface area contributed by atoms with Crippen LogP contribution in [0.5, 0.6) is 0 Å². The Morgan fingerprint density at radius 3 is 2.60 bits per heavy atom. The van der Waals surface area contributed by atoms with Crippen LogP contribution in [0, 0.1) is 0 Å². The third-order valence-corrected chi connectivity index (χ3v) is 3.34. The molecule has 1 aromatic rings. The summed E-state index contributed by atoms with van der Waals surface area (Å²) >= 11 is 0. The molecule has 1 aromatic carbocycles. The highest BCUT2D eigenvalue weighted by Gasteiger charge is 2.62. The molecule has 6 nitrogen and oxygen atoms in total. The second-order valence-corrected chi connectivity index (χ2v) is 5.24. The van der Waals surface area contributed by atoms with Crippen molar-refractivity contribution in [3.05, 3.63) is 29.8 Å². The van der Waals surface area contributed by atoms with Crippen LogP contribution in [-0.4, -0.2) is 33.8 Å². The Hall–Kier alpha value is -1.92. The molecule has 0 bridgehead atoms. The predicted molar refractivity (Wildman–Crippen MR) is 70.8 cm³/mol. The van der Waals surface area contributed by atoms with Crippen molar-refractivity contribution in [2.75, 3.05) is 5.32 Å². The molecule has 1 heterocycles. The normalized spacial score (nSPS) is 24.0. The van der Waals surface area contributed by atoms with Crippen LogP contribution in [0.1, 0.15) is 26.3 Å². The van der Waals surface area contributed by atoms with E-state index in [0.717, 1.165) is 6.92 Å². The Morgan fingerprint density at radius 2 is 2.00 bits per heavy atom. The van der Waals surface area contributed by atoms with Crippen molar-refractivity contribution in [2.24, 2.45) is 0 Å². The molecule has 0 fully saturated rings. The average molecular weight is 279 g/mol. The number of para-hydroxylation sites is 1. The Labute approximate surface area is 116 Å². The molecule has 1 amide bonds. The number of rotatable bonds is 3. The molecule has 3 N–H and O–H groups in total. The predicted octanol–water partition coefficient (Wildman–Crippen LogP) is 0.529. The van der Waals surface area contributed by atoms with Crippen LogP contribution < -0.4 is 5.32 Å². The number of hydrogen-bond donors (Lipinski definition) is 3. The van der Waals surface area contributed by atoms with Crippen LogP contribution >= 0.6 is 0 Å². The van der Waals surface area contributed by atoms with Gasteiger partial charge in [0.05, 0.1) is 6.10 Å². The van der Waals surface area contributed by atoms with E-state index in [0.29, 0.717) is 5.69 Å². The number of hydrogen-bond acceptors (Lipinski definition) is 5. The van der Waals surface area contributed by atoms with Crippen LogP contribution in [0.15, 0.2) is 24.3 Å². The van der Waals surface area contributed by atoms with Crippen LogP contribution in [0.25, 0.3) is 0 Å². The van der Waals surface area contributed by atoms with Crippen molar-refractivity contribution in [3.63, 3.8) is 0 Å². The molecule has 2 atom stereocenters. The number of fused-ring (bicyclic) bond motifs is 1. The lowest BCUT2D eigenvalue weighted by Crippen LogP contribution is -2.59. The molecular formula is C14H17NO5. The second kappa shape index (κ2) is 4.57. The van der Waals surface area contributed by atoms with Gasteiger partial charge in [-0.15, -0.1) is 0 Å². The molecule has 1 aliphatic heterocycles. The van der Waals surface area contributed by atoms with E-state index in [1.807, 2.05) is 0 Å². The Balaban J connectivity index is 2.49. The van der Waals surface area contributed by atoms with Gasteiger partial charge in [-0.3, -0.25) is 4.79 Å². The molecule has 108 valence electrons. The van der Waals surface area contributed by atoms with E-state index in [1.54, 1.807) is 32.0 Å². The quantitative estimate of drug-likeness (QED) is 0.701. The largest absolute Gasteiger partial charge is 0.461 e. The van der Waals surface area contributed by atoms with E-state index in [2.05, 4.69) is 5.32 Å². The van der Waals surface area contributed by atoms with E-state index in [9.17, 15) is 19.8 Å². The lowest BCUT2D eigenvalue weighted by molar-refractivity contribution is -0.199. The second-order valence-electron chi connectivity index (χ2n) is 5.24. The number of carbonyl (C=O) groups excluding carboxylic acids is 2. The van der Waals surface area contributed by atoms with E-state index in [1.165, 1.54) is 6.07 Å². The monoisotopic (exact) mass is 279 g/mol. The molecule has 6 heteroatoms. The molecule has 0 spiro atoms. The molecule has 20 heavy (non-hydrogen) atoms. The van der Waals surface area contributed by atoms with Gasteiger partial charge in [-0.1, -0.05) is 18.2 Å². The van der Waals surface area contributed by atoms with Crippen molar-refractivity contribution in [2.45, 2.75) is 38.1 Å². The van der Waals surface area contributed by atoms with Gasteiger partial charge in [0.2, 0.25) is 11.2 Å². The first-order valence-electron chi connectivity index (χ1n) is 6.28. The van der Waals surface area contributed by atoms with Crippen LogP contribution in [-0.2, 0) is 19.9 Å². The maximum absolute atomic E-state index is 12.1. The fourth-order valence-electron chi connectivity index (χ4n) is 2.20. The highest BCUT2D eigenvalue weighted by molar-refractivity contribution is 6.09. The fourth-order valence-corrected chi connectivity index (χ4v) is 2.20. The van der Waals surface area contributed by atoms with Gasteiger partial charge in [0, 0.05) is 11.3 Å². The summed E-state index contributed by atoms with van der Waals surface area (Å²) in [5, 5.41) is 23.5. The zero-order valence-electron chi connectivity index (χ0n) is 11.5.